The lowest BCUT2D eigenvalue weighted by Gasteiger charge is -2.17. The van der Waals surface area contributed by atoms with Gasteiger partial charge in [0.05, 0.1) is 6.10 Å². The van der Waals surface area contributed by atoms with Gasteiger partial charge in [-0.15, -0.1) is 0 Å². The number of halogens is 2. The molecule has 0 aliphatic carbocycles. The highest BCUT2D eigenvalue weighted by molar-refractivity contribution is 6.33. The zero-order valence-corrected chi connectivity index (χ0v) is 9.26. The molecule has 1 aromatic carbocycles. The summed E-state index contributed by atoms with van der Waals surface area (Å²) in [6, 6.07) is 4.80. The van der Waals surface area contributed by atoms with E-state index in [1.54, 1.807) is 25.1 Å². The van der Waals surface area contributed by atoms with Crippen LogP contribution in [0.5, 0.6) is 0 Å². The topological polar surface area (TPSA) is 40.5 Å². The monoisotopic (exact) mass is 234 g/mol. The van der Waals surface area contributed by atoms with Crippen LogP contribution >= 0.6 is 23.2 Å². The molecule has 0 aromatic heterocycles. The molecule has 2 unspecified atom stereocenters. The molecule has 0 amide bonds. The number of aliphatic hydroxyl groups is 2. The fraction of sp³-hybridized carbons (Fsp3) is 0.400. The van der Waals surface area contributed by atoms with Crippen molar-refractivity contribution in [1.82, 2.24) is 0 Å². The van der Waals surface area contributed by atoms with Crippen LogP contribution in [0, 0.1) is 0 Å². The molecule has 0 saturated carbocycles. The molecule has 2 atom stereocenters. The fourth-order valence-corrected chi connectivity index (χ4v) is 1.58. The van der Waals surface area contributed by atoms with Gasteiger partial charge in [0.25, 0.3) is 0 Å². The summed E-state index contributed by atoms with van der Waals surface area (Å²) in [5, 5.41) is 20.0. The van der Waals surface area contributed by atoms with E-state index in [-0.39, 0.29) is 0 Å². The maximum absolute atomic E-state index is 9.70. The summed E-state index contributed by atoms with van der Waals surface area (Å²) in [6.07, 6.45) is -1.33. The van der Waals surface area contributed by atoms with E-state index in [0.29, 0.717) is 22.0 Å². The van der Waals surface area contributed by atoms with E-state index in [1.165, 1.54) is 0 Å². The number of benzene rings is 1. The Bertz CT molecular complexity index is 315. The van der Waals surface area contributed by atoms with Crippen LogP contribution < -0.4 is 0 Å². The Labute approximate surface area is 93.1 Å². The van der Waals surface area contributed by atoms with Crippen LogP contribution in [0.25, 0.3) is 0 Å². The van der Waals surface area contributed by atoms with Gasteiger partial charge in [-0.2, -0.15) is 0 Å². The third kappa shape index (κ3) is 2.61. The van der Waals surface area contributed by atoms with Crippen LogP contribution in [-0.2, 0) is 0 Å². The highest BCUT2D eigenvalue weighted by Crippen LogP contribution is 2.28. The second-order valence-electron chi connectivity index (χ2n) is 3.09. The average Bonchev–Trinajstić information content (AvgIpc) is 2.19. The van der Waals surface area contributed by atoms with Gasteiger partial charge in [-0.3, -0.25) is 0 Å². The molecule has 0 aliphatic heterocycles. The number of rotatable bonds is 3. The van der Waals surface area contributed by atoms with Crippen LogP contribution in [0.2, 0.25) is 10.0 Å². The average molecular weight is 235 g/mol. The SMILES string of the molecule is CCC(O)C(O)c1cc(Cl)ccc1Cl. The van der Waals surface area contributed by atoms with E-state index in [4.69, 9.17) is 23.2 Å². The van der Waals surface area contributed by atoms with Crippen molar-refractivity contribution >= 4 is 23.2 Å². The Hall–Kier alpha value is -0.280. The van der Waals surface area contributed by atoms with Crippen molar-refractivity contribution in [1.29, 1.82) is 0 Å². The maximum Gasteiger partial charge on any atom is 0.106 e. The van der Waals surface area contributed by atoms with Crippen LogP contribution in [-0.4, -0.2) is 16.3 Å². The maximum atomic E-state index is 9.70. The molecule has 0 aliphatic rings. The summed E-state index contributed by atoms with van der Waals surface area (Å²) < 4.78 is 0. The largest absolute Gasteiger partial charge is 0.390 e. The van der Waals surface area contributed by atoms with Gasteiger partial charge < -0.3 is 10.2 Å². The molecule has 4 heteroatoms. The van der Waals surface area contributed by atoms with Gasteiger partial charge in [0.2, 0.25) is 0 Å². The van der Waals surface area contributed by atoms with Crippen LogP contribution in [0.15, 0.2) is 18.2 Å². The molecule has 1 rings (SSSR count). The van der Waals surface area contributed by atoms with E-state index in [2.05, 4.69) is 0 Å². The smallest absolute Gasteiger partial charge is 0.106 e. The van der Waals surface area contributed by atoms with Crippen molar-refractivity contribution in [2.24, 2.45) is 0 Å². The first kappa shape index (κ1) is 11.8. The molecule has 1 aromatic rings. The minimum atomic E-state index is -0.980. The Morgan fingerprint density at radius 3 is 2.50 bits per heavy atom. The first-order valence-corrected chi connectivity index (χ1v) is 5.13. The standard InChI is InChI=1S/C10H12Cl2O2/c1-2-9(13)10(14)7-5-6(11)3-4-8(7)12/h3-5,9-10,13-14H,2H2,1H3. The molecule has 0 radical (unpaired) electrons. The normalized spacial score (nSPS) is 15.2. The fourth-order valence-electron chi connectivity index (χ4n) is 1.17. The van der Waals surface area contributed by atoms with Gasteiger partial charge in [-0.25, -0.2) is 0 Å². The van der Waals surface area contributed by atoms with E-state index < -0.39 is 12.2 Å². The van der Waals surface area contributed by atoms with Crippen molar-refractivity contribution in [3.05, 3.63) is 33.8 Å². The van der Waals surface area contributed by atoms with Crippen LogP contribution in [0.4, 0.5) is 0 Å². The predicted molar refractivity (Wildman–Crippen MR) is 57.7 cm³/mol. The highest BCUT2D eigenvalue weighted by Gasteiger charge is 2.19. The Kier molecular flexibility index (Phi) is 4.20. The molecule has 78 valence electrons. The van der Waals surface area contributed by atoms with E-state index in [9.17, 15) is 10.2 Å². The van der Waals surface area contributed by atoms with Crippen molar-refractivity contribution in [2.75, 3.05) is 0 Å². The summed E-state index contributed by atoms with van der Waals surface area (Å²) in [4.78, 5) is 0. The first-order valence-electron chi connectivity index (χ1n) is 4.37. The summed E-state index contributed by atoms with van der Waals surface area (Å²) in [7, 11) is 0. The number of hydrogen-bond donors (Lipinski definition) is 2. The second-order valence-corrected chi connectivity index (χ2v) is 3.93. The number of aliphatic hydroxyl groups excluding tert-OH is 2. The molecule has 14 heavy (non-hydrogen) atoms. The Balaban J connectivity index is 2.99. The number of hydrogen-bond acceptors (Lipinski definition) is 2. The molecule has 0 heterocycles. The molecule has 0 spiro atoms. The third-order valence-electron chi connectivity index (χ3n) is 2.06. The lowest BCUT2D eigenvalue weighted by atomic mass is 10.0. The highest BCUT2D eigenvalue weighted by atomic mass is 35.5. The Morgan fingerprint density at radius 2 is 1.93 bits per heavy atom. The lowest BCUT2D eigenvalue weighted by Crippen LogP contribution is -2.17. The van der Waals surface area contributed by atoms with Crippen molar-refractivity contribution in [2.45, 2.75) is 25.6 Å². The minimum absolute atomic E-state index is 0.411. The van der Waals surface area contributed by atoms with Gasteiger partial charge in [0, 0.05) is 15.6 Å². The quantitative estimate of drug-likeness (QED) is 0.845. The zero-order chi connectivity index (χ0) is 10.7. The van der Waals surface area contributed by atoms with Crippen molar-refractivity contribution < 1.29 is 10.2 Å². The van der Waals surface area contributed by atoms with Gasteiger partial charge in [0.15, 0.2) is 0 Å². The summed E-state index contributed by atoms with van der Waals surface area (Å²) in [5.74, 6) is 0. The van der Waals surface area contributed by atoms with Crippen molar-refractivity contribution in [3.63, 3.8) is 0 Å². The van der Waals surface area contributed by atoms with Crippen molar-refractivity contribution in [3.8, 4) is 0 Å². The van der Waals surface area contributed by atoms with Gasteiger partial charge in [-0.05, 0) is 24.6 Å². The second kappa shape index (κ2) is 4.99. The predicted octanol–water partition coefficient (Wildman–Crippen LogP) is 2.80. The van der Waals surface area contributed by atoms with Crippen LogP contribution in [0.1, 0.15) is 25.0 Å². The Morgan fingerprint density at radius 1 is 1.29 bits per heavy atom. The molecule has 2 nitrogen and oxygen atoms in total. The summed E-state index contributed by atoms with van der Waals surface area (Å²) in [6.45, 7) is 1.78. The molecule has 0 fully saturated rings. The first-order chi connectivity index (χ1) is 6.56. The van der Waals surface area contributed by atoms with Gasteiger partial charge in [-0.1, -0.05) is 30.1 Å². The zero-order valence-electron chi connectivity index (χ0n) is 7.74. The third-order valence-corrected chi connectivity index (χ3v) is 2.64. The lowest BCUT2D eigenvalue weighted by molar-refractivity contribution is 0.0165. The molecular weight excluding hydrogens is 223 g/mol. The van der Waals surface area contributed by atoms with E-state index in [0.717, 1.165) is 0 Å². The van der Waals surface area contributed by atoms with E-state index in [1.807, 2.05) is 0 Å². The van der Waals surface area contributed by atoms with Crippen LogP contribution in [0.3, 0.4) is 0 Å². The summed E-state index contributed by atoms with van der Waals surface area (Å²) >= 11 is 11.6. The molecule has 2 N–H and O–H groups in total. The van der Waals surface area contributed by atoms with E-state index >= 15 is 0 Å². The van der Waals surface area contributed by atoms with Gasteiger partial charge >= 0.3 is 0 Å². The summed E-state index contributed by atoms with van der Waals surface area (Å²) in [5.41, 5.74) is 0.466. The molecule has 0 saturated heterocycles. The minimum Gasteiger partial charge on any atom is -0.390 e. The molecule has 0 bridgehead atoms. The molecular formula is C10H12Cl2O2. The van der Waals surface area contributed by atoms with Gasteiger partial charge in [0.1, 0.15) is 6.10 Å².